The van der Waals surface area contributed by atoms with Crippen molar-refractivity contribution in [2.24, 2.45) is 11.1 Å². The zero-order valence-electron chi connectivity index (χ0n) is 15.7. The molecular weight excluding hydrogens is 358 g/mol. The Balaban J connectivity index is 1.64. The molecule has 0 aromatic carbocycles. The Morgan fingerprint density at radius 3 is 2.27 bits per heavy atom. The Hall–Kier alpha value is -1.35. The zero-order valence-corrected chi connectivity index (χ0v) is 16.5. The molecule has 8 nitrogen and oxygen atoms in total. The molecule has 0 aromatic rings. The number of carbonyl (C=O) groups excluding carboxylic acids is 2. The van der Waals surface area contributed by atoms with Crippen molar-refractivity contribution in [1.82, 2.24) is 9.80 Å². The van der Waals surface area contributed by atoms with Gasteiger partial charge in [-0.05, 0) is 46.5 Å². The fourth-order valence-electron chi connectivity index (χ4n) is 4.62. The van der Waals surface area contributed by atoms with Crippen molar-refractivity contribution in [2.45, 2.75) is 76.6 Å². The van der Waals surface area contributed by atoms with Gasteiger partial charge in [-0.2, -0.15) is 0 Å². The molecule has 148 valence electrons. The molecule has 0 spiro atoms. The molecule has 3 aliphatic heterocycles. The lowest BCUT2D eigenvalue weighted by Gasteiger charge is -2.42. The molecule has 3 fully saturated rings. The van der Waals surface area contributed by atoms with Crippen molar-refractivity contribution in [2.75, 3.05) is 12.3 Å². The molecule has 2 amide bonds. The van der Waals surface area contributed by atoms with E-state index in [1.807, 2.05) is 30.6 Å². The van der Waals surface area contributed by atoms with Crippen LogP contribution in [-0.2, 0) is 19.6 Å². The highest BCUT2D eigenvalue weighted by Crippen LogP contribution is 2.40. The average Bonchev–Trinajstić information content (AvgIpc) is 2.92. The molecule has 2 N–H and O–H groups in total. The van der Waals surface area contributed by atoms with Crippen molar-refractivity contribution in [3.05, 3.63) is 0 Å². The van der Waals surface area contributed by atoms with Crippen LogP contribution in [0.2, 0.25) is 0 Å². The van der Waals surface area contributed by atoms with Crippen LogP contribution in [0.5, 0.6) is 0 Å². The maximum Gasteiger partial charge on any atom is 0.410 e. The van der Waals surface area contributed by atoms with Crippen LogP contribution in [0.4, 0.5) is 4.79 Å². The first-order valence-corrected chi connectivity index (χ1v) is 11.0. The van der Waals surface area contributed by atoms with Gasteiger partial charge >= 0.3 is 6.09 Å². The van der Waals surface area contributed by atoms with Gasteiger partial charge in [-0.3, -0.25) is 4.79 Å². The van der Waals surface area contributed by atoms with E-state index in [1.54, 1.807) is 0 Å². The topological polar surface area (TPSA) is 110 Å². The van der Waals surface area contributed by atoms with E-state index >= 15 is 0 Å². The summed E-state index contributed by atoms with van der Waals surface area (Å²) in [5.74, 6) is -0.397. The molecule has 3 aliphatic rings. The minimum Gasteiger partial charge on any atom is -0.444 e. The lowest BCUT2D eigenvalue weighted by atomic mass is 9.96. The summed E-state index contributed by atoms with van der Waals surface area (Å²) < 4.78 is 28.2. The summed E-state index contributed by atoms with van der Waals surface area (Å²) in [5, 5.41) is 5.12. The monoisotopic (exact) mass is 387 g/mol. The number of primary sulfonamides is 1. The zero-order chi connectivity index (χ0) is 19.3. The number of piperidine rings is 1. The van der Waals surface area contributed by atoms with Gasteiger partial charge in [0.15, 0.2) is 0 Å². The summed E-state index contributed by atoms with van der Waals surface area (Å²) in [7, 11) is -3.58. The standard InChI is InChI=1S/C17H29N3O5S/c1-17(2,3)25-16(22)20-12-4-5-13(20)8-14(7-12)19-9-11(6-15(19)21)10-26(18,23)24/h11-14H,4-10H2,1-3H3,(H2,18,23,24)/t11?,12-,13+,14?. The predicted octanol–water partition coefficient (Wildman–Crippen LogP) is 1.05. The first-order chi connectivity index (χ1) is 11.9. The molecule has 0 aliphatic carbocycles. The maximum atomic E-state index is 12.5. The molecular formula is C17H29N3O5S. The summed E-state index contributed by atoms with van der Waals surface area (Å²) in [4.78, 5) is 28.6. The number of carbonyl (C=O) groups is 2. The fourth-order valence-corrected chi connectivity index (χ4v) is 5.50. The first kappa shape index (κ1) is 19.4. The van der Waals surface area contributed by atoms with Gasteiger partial charge in [0.1, 0.15) is 5.60 Å². The molecule has 0 aromatic heterocycles. The van der Waals surface area contributed by atoms with E-state index < -0.39 is 15.6 Å². The third-order valence-electron chi connectivity index (χ3n) is 5.46. The fraction of sp³-hybridized carbons (Fsp3) is 0.882. The van der Waals surface area contributed by atoms with Gasteiger partial charge in [0, 0.05) is 37.0 Å². The minimum absolute atomic E-state index is 0.00577. The van der Waals surface area contributed by atoms with Crippen LogP contribution in [0.25, 0.3) is 0 Å². The number of sulfonamides is 1. The Morgan fingerprint density at radius 1 is 1.19 bits per heavy atom. The van der Waals surface area contributed by atoms with Crippen LogP contribution in [0, 0.1) is 5.92 Å². The van der Waals surface area contributed by atoms with E-state index in [1.165, 1.54) is 0 Å². The van der Waals surface area contributed by atoms with E-state index in [-0.39, 0.29) is 48.2 Å². The van der Waals surface area contributed by atoms with E-state index in [9.17, 15) is 18.0 Å². The van der Waals surface area contributed by atoms with Crippen LogP contribution >= 0.6 is 0 Å². The van der Waals surface area contributed by atoms with E-state index in [2.05, 4.69) is 0 Å². The summed E-state index contributed by atoms with van der Waals surface area (Å²) in [6.07, 6.45) is 3.25. The normalized spacial score (nSPS) is 32.2. The van der Waals surface area contributed by atoms with Crippen molar-refractivity contribution in [3.63, 3.8) is 0 Å². The maximum absolute atomic E-state index is 12.5. The van der Waals surface area contributed by atoms with Gasteiger partial charge in [-0.1, -0.05) is 0 Å². The van der Waals surface area contributed by atoms with Crippen molar-refractivity contribution < 1.29 is 22.7 Å². The van der Waals surface area contributed by atoms with Crippen LogP contribution in [0.15, 0.2) is 0 Å². The molecule has 3 rings (SSSR count). The molecule has 2 bridgehead atoms. The largest absolute Gasteiger partial charge is 0.444 e. The second-order valence-corrected chi connectivity index (χ2v) is 10.5. The average molecular weight is 388 g/mol. The highest BCUT2D eigenvalue weighted by atomic mass is 32.2. The van der Waals surface area contributed by atoms with Crippen molar-refractivity contribution in [3.8, 4) is 0 Å². The summed E-state index contributed by atoms with van der Waals surface area (Å²) in [5.41, 5.74) is -0.529. The quantitative estimate of drug-likeness (QED) is 0.778. The number of amides is 2. The number of likely N-dealkylation sites (tertiary alicyclic amines) is 1. The van der Waals surface area contributed by atoms with Gasteiger partial charge in [-0.25, -0.2) is 18.4 Å². The number of hydrogen-bond acceptors (Lipinski definition) is 5. The van der Waals surface area contributed by atoms with Gasteiger partial charge < -0.3 is 14.5 Å². The van der Waals surface area contributed by atoms with Gasteiger partial charge in [-0.15, -0.1) is 0 Å². The first-order valence-electron chi connectivity index (χ1n) is 9.24. The van der Waals surface area contributed by atoms with Crippen molar-refractivity contribution in [1.29, 1.82) is 0 Å². The Morgan fingerprint density at radius 2 is 1.77 bits per heavy atom. The number of ether oxygens (including phenoxy) is 1. The summed E-state index contributed by atoms with van der Waals surface area (Å²) in [6, 6.07) is 0.224. The molecule has 3 saturated heterocycles. The van der Waals surface area contributed by atoms with Crippen LogP contribution < -0.4 is 5.14 Å². The molecule has 9 heteroatoms. The Kier molecular flexibility index (Phi) is 4.98. The van der Waals surface area contributed by atoms with Gasteiger partial charge in [0.2, 0.25) is 15.9 Å². The molecule has 4 atom stereocenters. The molecule has 0 radical (unpaired) electrons. The highest BCUT2D eigenvalue weighted by Gasteiger charge is 2.48. The second kappa shape index (κ2) is 6.67. The predicted molar refractivity (Wildman–Crippen MR) is 95.7 cm³/mol. The number of nitrogens with two attached hydrogens (primary N) is 1. The van der Waals surface area contributed by atoms with E-state index in [4.69, 9.17) is 9.88 Å². The van der Waals surface area contributed by atoms with Crippen molar-refractivity contribution >= 4 is 22.0 Å². The molecule has 2 unspecified atom stereocenters. The highest BCUT2D eigenvalue weighted by molar-refractivity contribution is 7.89. The second-order valence-electron chi connectivity index (χ2n) is 8.84. The Labute approximate surface area is 155 Å². The summed E-state index contributed by atoms with van der Waals surface area (Å²) >= 11 is 0. The SMILES string of the molecule is CC(C)(C)OC(=O)N1[C@@H]2CC[C@H]1CC(N1CC(CS(N)(=O)=O)CC1=O)C2. The number of rotatable bonds is 3. The molecule has 0 saturated carbocycles. The minimum atomic E-state index is -3.58. The third-order valence-corrected chi connectivity index (χ3v) is 6.40. The molecule has 26 heavy (non-hydrogen) atoms. The number of hydrogen-bond donors (Lipinski definition) is 1. The molecule has 3 heterocycles. The van der Waals surface area contributed by atoms with E-state index in [0.29, 0.717) is 6.54 Å². The van der Waals surface area contributed by atoms with Crippen LogP contribution in [0.3, 0.4) is 0 Å². The van der Waals surface area contributed by atoms with Gasteiger partial charge in [0.05, 0.1) is 5.75 Å². The lowest BCUT2D eigenvalue weighted by molar-refractivity contribution is -0.130. The van der Waals surface area contributed by atoms with Crippen LogP contribution in [-0.4, -0.2) is 66.2 Å². The Bertz CT molecular complexity index is 673. The third kappa shape index (κ3) is 4.31. The number of fused-ring (bicyclic) bond motifs is 2. The smallest absolute Gasteiger partial charge is 0.410 e. The van der Waals surface area contributed by atoms with Crippen LogP contribution in [0.1, 0.15) is 52.9 Å². The lowest BCUT2D eigenvalue weighted by Crippen LogP contribution is -2.53. The van der Waals surface area contributed by atoms with Gasteiger partial charge in [0.25, 0.3) is 0 Å². The van der Waals surface area contributed by atoms with E-state index in [0.717, 1.165) is 25.7 Å². The number of nitrogens with zero attached hydrogens (tertiary/aromatic N) is 2. The summed E-state index contributed by atoms with van der Waals surface area (Å²) in [6.45, 7) is 6.00.